The molecular formula is C14H26O2. The molecule has 0 bridgehead atoms. The summed E-state index contributed by atoms with van der Waals surface area (Å²) in [4.78, 5) is 0. The zero-order chi connectivity index (χ0) is 12.6. The molecule has 2 N–H and O–H groups in total. The van der Waals surface area contributed by atoms with Crippen LogP contribution in [0.2, 0.25) is 0 Å². The maximum absolute atomic E-state index is 10.5. The van der Waals surface area contributed by atoms with Crippen molar-refractivity contribution >= 4 is 0 Å². The van der Waals surface area contributed by atoms with Crippen molar-refractivity contribution in [1.29, 1.82) is 0 Å². The van der Waals surface area contributed by atoms with Crippen molar-refractivity contribution in [3.05, 3.63) is 12.2 Å². The van der Waals surface area contributed by atoms with Crippen molar-refractivity contribution in [2.75, 3.05) is 0 Å². The highest BCUT2D eigenvalue weighted by Crippen LogP contribution is 2.50. The Morgan fingerprint density at radius 3 is 2.38 bits per heavy atom. The molecule has 0 saturated heterocycles. The Morgan fingerprint density at radius 2 is 1.88 bits per heavy atom. The molecule has 0 aromatic heterocycles. The first-order valence-electron chi connectivity index (χ1n) is 6.26. The molecule has 0 heterocycles. The van der Waals surface area contributed by atoms with Crippen molar-refractivity contribution in [1.82, 2.24) is 0 Å². The minimum Gasteiger partial charge on any atom is -0.390 e. The van der Waals surface area contributed by atoms with Gasteiger partial charge >= 0.3 is 0 Å². The first-order chi connectivity index (χ1) is 7.18. The van der Waals surface area contributed by atoms with Crippen LogP contribution in [0.4, 0.5) is 0 Å². The van der Waals surface area contributed by atoms with Gasteiger partial charge in [0.05, 0.1) is 11.7 Å². The molecule has 4 atom stereocenters. The summed E-state index contributed by atoms with van der Waals surface area (Å²) in [7, 11) is 0. The van der Waals surface area contributed by atoms with Crippen LogP contribution in [0.3, 0.4) is 0 Å². The van der Waals surface area contributed by atoms with Crippen molar-refractivity contribution < 1.29 is 10.2 Å². The fourth-order valence-corrected chi connectivity index (χ4v) is 2.87. The van der Waals surface area contributed by atoms with E-state index in [1.807, 2.05) is 13.0 Å². The van der Waals surface area contributed by atoms with E-state index in [4.69, 9.17) is 0 Å². The molecule has 0 aromatic carbocycles. The van der Waals surface area contributed by atoms with Crippen molar-refractivity contribution in [2.45, 2.75) is 59.2 Å². The Bertz CT molecular complexity index is 264. The third kappa shape index (κ3) is 2.67. The molecule has 1 fully saturated rings. The second-order valence-corrected chi connectivity index (χ2v) is 6.22. The van der Waals surface area contributed by atoms with Gasteiger partial charge in [0.15, 0.2) is 0 Å². The molecule has 1 rings (SSSR count). The molecular weight excluding hydrogens is 200 g/mol. The Hall–Kier alpha value is -0.340. The second kappa shape index (κ2) is 4.50. The lowest BCUT2D eigenvalue weighted by Crippen LogP contribution is -2.49. The van der Waals surface area contributed by atoms with E-state index in [0.717, 1.165) is 12.8 Å². The van der Waals surface area contributed by atoms with Gasteiger partial charge in [0.25, 0.3) is 0 Å². The Labute approximate surface area is 99.4 Å². The van der Waals surface area contributed by atoms with Gasteiger partial charge in [0, 0.05) is 5.92 Å². The fourth-order valence-electron chi connectivity index (χ4n) is 2.87. The van der Waals surface area contributed by atoms with Gasteiger partial charge in [-0.25, -0.2) is 0 Å². The van der Waals surface area contributed by atoms with Crippen molar-refractivity contribution in [2.24, 2.45) is 17.3 Å². The number of hydrogen-bond donors (Lipinski definition) is 2. The van der Waals surface area contributed by atoms with E-state index in [1.54, 1.807) is 13.0 Å². The predicted octanol–water partition coefficient (Wildman–Crippen LogP) is 2.75. The molecule has 2 heteroatoms. The summed E-state index contributed by atoms with van der Waals surface area (Å²) < 4.78 is 0. The van der Waals surface area contributed by atoms with E-state index in [2.05, 4.69) is 20.8 Å². The van der Waals surface area contributed by atoms with Gasteiger partial charge in [-0.05, 0) is 38.0 Å². The normalized spacial score (nSPS) is 41.2. The number of rotatable bonds is 2. The summed E-state index contributed by atoms with van der Waals surface area (Å²) in [6.45, 7) is 10.3. The highest BCUT2D eigenvalue weighted by Gasteiger charge is 2.47. The van der Waals surface area contributed by atoms with Crippen LogP contribution in [0.1, 0.15) is 47.5 Å². The van der Waals surface area contributed by atoms with E-state index >= 15 is 0 Å². The second-order valence-electron chi connectivity index (χ2n) is 6.22. The van der Waals surface area contributed by atoms with Crippen molar-refractivity contribution in [3.8, 4) is 0 Å². The first-order valence-corrected chi connectivity index (χ1v) is 6.26. The van der Waals surface area contributed by atoms with Crippen molar-refractivity contribution in [3.63, 3.8) is 0 Å². The van der Waals surface area contributed by atoms with Crippen LogP contribution in [0, 0.1) is 17.3 Å². The Kier molecular flexibility index (Phi) is 3.86. The molecule has 2 nitrogen and oxygen atoms in total. The number of aliphatic hydroxyl groups is 2. The van der Waals surface area contributed by atoms with Crippen LogP contribution in [-0.4, -0.2) is 21.9 Å². The van der Waals surface area contributed by atoms with E-state index in [1.165, 1.54) is 0 Å². The Balaban J connectivity index is 2.96. The standard InChI is InChI=1S/C14H26O2/c1-10-8-9-14(5,16)12(13(10,3)4)7-6-11(2)15/h6-7,10-12,15-16H,8-9H2,1-5H3/b7-6+/t10-,11-,12+,14-/m1/s1. The van der Waals surface area contributed by atoms with Crippen LogP contribution in [0.5, 0.6) is 0 Å². The van der Waals surface area contributed by atoms with Gasteiger partial charge < -0.3 is 10.2 Å². The lowest BCUT2D eigenvalue weighted by Gasteiger charge is -2.50. The topological polar surface area (TPSA) is 40.5 Å². The molecule has 0 aliphatic heterocycles. The summed E-state index contributed by atoms with van der Waals surface area (Å²) in [5.41, 5.74) is -0.575. The average molecular weight is 226 g/mol. The molecule has 1 aliphatic rings. The third-order valence-electron chi connectivity index (χ3n) is 4.41. The quantitative estimate of drug-likeness (QED) is 0.711. The molecule has 1 aliphatic carbocycles. The van der Waals surface area contributed by atoms with Gasteiger partial charge in [-0.2, -0.15) is 0 Å². The summed E-state index contributed by atoms with van der Waals surface area (Å²) in [5, 5.41) is 19.8. The summed E-state index contributed by atoms with van der Waals surface area (Å²) in [6, 6.07) is 0. The highest BCUT2D eigenvalue weighted by atomic mass is 16.3. The molecule has 0 unspecified atom stereocenters. The third-order valence-corrected chi connectivity index (χ3v) is 4.41. The van der Waals surface area contributed by atoms with Gasteiger partial charge in [0.2, 0.25) is 0 Å². The lowest BCUT2D eigenvalue weighted by molar-refractivity contribution is -0.0900. The largest absolute Gasteiger partial charge is 0.390 e. The number of aliphatic hydroxyl groups excluding tert-OH is 1. The first kappa shape index (κ1) is 13.7. The number of hydrogen-bond acceptors (Lipinski definition) is 2. The van der Waals surface area contributed by atoms with Crippen LogP contribution >= 0.6 is 0 Å². The maximum atomic E-state index is 10.5. The summed E-state index contributed by atoms with van der Waals surface area (Å²) in [6.07, 6.45) is 5.26. The zero-order valence-electron chi connectivity index (χ0n) is 11.2. The molecule has 0 spiro atoms. The smallest absolute Gasteiger partial charge is 0.0692 e. The van der Waals surface area contributed by atoms with Crippen LogP contribution < -0.4 is 0 Å². The van der Waals surface area contributed by atoms with Gasteiger partial charge in [-0.1, -0.05) is 32.9 Å². The lowest BCUT2D eigenvalue weighted by atomic mass is 9.57. The average Bonchev–Trinajstić information content (AvgIpc) is 2.11. The van der Waals surface area contributed by atoms with E-state index in [0.29, 0.717) is 5.92 Å². The van der Waals surface area contributed by atoms with Crippen LogP contribution in [-0.2, 0) is 0 Å². The Morgan fingerprint density at radius 1 is 1.31 bits per heavy atom. The maximum Gasteiger partial charge on any atom is 0.0692 e. The van der Waals surface area contributed by atoms with Gasteiger partial charge in [-0.15, -0.1) is 0 Å². The molecule has 0 radical (unpaired) electrons. The summed E-state index contributed by atoms with van der Waals surface area (Å²) >= 11 is 0. The van der Waals surface area contributed by atoms with E-state index in [-0.39, 0.29) is 11.3 Å². The monoisotopic (exact) mass is 226 g/mol. The molecule has 0 aromatic rings. The molecule has 1 saturated carbocycles. The zero-order valence-corrected chi connectivity index (χ0v) is 11.2. The molecule has 94 valence electrons. The van der Waals surface area contributed by atoms with E-state index in [9.17, 15) is 10.2 Å². The minimum absolute atomic E-state index is 0.0765. The van der Waals surface area contributed by atoms with E-state index < -0.39 is 11.7 Å². The minimum atomic E-state index is -0.651. The van der Waals surface area contributed by atoms with Crippen LogP contribution in [0.25, 0.3) is 0 Å². The SMILES string of the molecule is C[C@@H]1CC[C@@](C)(O)[C@@H](/C=C/[C@@H](C)O)C1(C)C. The predicted molar refractivity (Wildman–Crippen MR) is 67.1 cm³/mol. The molecule has 16 heavy (non-hydrogen) atoms. The summed E-state index contributed by atoms with van der Waals surface area (Å²) in [5.74, 6) is 0.703. The highest BCUT2D eigenvalue weighted by molar-refractivity contribution is 5.09. The fraction of sp³-hybridized carbons (Fsp3) is 0.857. The van der Waals surface area contributed by atoms with Crippen LogP contribution in [0.15, 0.2) is 12.2 Å². The molecule has 0 amide bonds. The van der Waals surface area contributed by atoms with Gasteiger partial charge in [-0.3, -0.25) is 0 Å². The van der Waals surface area contributed by atoms with Gasteiger partial charge in [0.1, 0.15) is 0 Å².